The molecule has 5 heteroatoms. The fraction of sp³-hybridized carbons (Fsp3) is 0.421. The first kappa shape index (κ1) is 14.1. The minimum atomic E-state index is 0.633. The molecule has 0 spiro atoms. The molecule has 1 aliphatic heterocycles. The van der Waals surface area contributed by atoms with Crippen molar-refractivity contribution in [2.45, 2.75) is 45.2 Å². The van der Waals surface area contributed by atoms with Crippen LogP contribution in [0.15, 0.2) is 30.6 Å². The molecular formula is C19H21N5. The quantitative estimate of drug-likeness (QED) is 0.745. The molecule has 5 rings (SSSR count). The van der Waals surface area contributed by atoms with E-state index in [0.717, 1.165) is 43.4 Å². The average Bonchev–Trinajstić information content (AvgIpc) is 3.41. The molecule has 0 saturated heterocycles. The molecule has 0 radical (unpaired) electrons. The molecule has 1 aliphatic carbocycles. The summed E-state index contributed by atoms with van der Waals surface area (Å²) in [7, 11) is 0. The lowest BCUT2D eigenvalue weighted by Gasteiger charge is -2.27. The fourth-order valence-corrected chi connectivity index (χ4v) is 3.66. The Morgan fingerprint density at radius 1 is 1.21 bits per heavy atom. The third-order valence-corrected chi connectivity index (χ3v) is 5.15. The molecule has 1 saturated carbocycles. The van der Waals surface area contributed by atoms with Crippen molar-refractivity contribution in [1.29, 1.82) is 0 Å². The SMILES string of the molecule is Cc1nc(CN2CCc3nc(C4CC4)ncc3C2)c2ccccn12. The predicted octanol–water partition coefficient (Wildman–Crippen LogP) is 2.87. The Morgan fingerprint density at radius 3 is 3.00 bits per heavy atom. The second kappa shape index (κ2) is 5.38. The molecule has 0 unspecified atom stereocenters. The van der Waals surface area contributed by atoms with Gasteiger partial charge < -0.3 is 4.40 Å². The number of fused-ring (bicyclic) bond motifs is 2. The fourth-order valence-electron chi connectivity index (χ4n) is 3.66. The van der Waals surface area contributed by atoms with E-state index >= 15 is 0 Å². The number of aryl methyl sites for hydroxylation is 1. The van der Waals surface area contributed by atoms with Crippen LogP contribution in [-0.4, -0.2) is 30.8 Å². The van der Waals surface area contributed by atoms with Crippen molar-refractivity contribution in [3.8, 4) is 0 Å². The summed E-state index contributed by atoms with van der Waals surface area (Å²) in [6.07, 6.45) is 7.68. The van der Waals surface area contributed by atoms with Crippen molar-refractivity contribution in [3.63, 3.8) is 0 Å². The molecule has 0 aromatic carbocycles. The zero-order valence-corrected chi connectivity index (χ0v) is 13.9. The van der Waals surface area contributed by atoms with Crippen LogP contribution in [0.2, 0.25) is 0 Å². The highest BCUT2D eigenvalue weighted by molar-refractivity contribution is 5.53. The Labute approximate surface area is 141 Å². The van der Waals surface area contributed by atoms with Gasteiger partial charge in [0.2, 0.25) is 0 Å². The standard InChI is InChI=1S/C19H21N5/c1-13-21-17(18-4-2-3-8-24(13)18)12-23-9-7-16-15(11-23)10-20-19(22-16)14-5-6-14/h2-4,8,10,14H,5-7,9,11-12H2,1H3. The largest absolute Gasteiger partial charge is 0.304 e. The van der Waals surface area contributed by atoms with Gasteiger partial charge in [0.25, 0.3) is 0 Å². The highest BCUT2D eigenvalue weighted by Crippen LogP contribution is 2.38. The third kappa shape index (κ3) is 2.40. The molecule has 0 amide bonds. The van der Waals surface area contributed by atoms with Crippen LogP contribution in [0, 0.1) is 6.92 Å². The van der Waals surface area contributed by atoms with E-state index in [2.05, 4.69) is 51.8 Å². The predicted molar refractivity (Wildman–Crippen MR) is 91.8 cm³/mol. The third-order valence-electron chi connectivity index (χ3n) is 5.15. The Kier molecular flexibility index (Phi) is 3.16. The van der Waals surface area contributed by atoms with Crippen molar-refractivity contribution >= 4 is 5.52 Å². The lowest BCUT2D eigenvalue weighted by molar-refractivity contribution is 0.241. The summed E-state index contributed by atoms with van der Waals surface area (Å²) in [5.74, 6) is 2.75. The molecule has 24 heavy (non-hydrogen) atoms. The van der Waals surface area contributed by atoms with E-state index in [0.29, 0.717) is 5.92 Å². The van der Waals surface area contributed by atoms with E-state index in [1.54, 1.807) is 0 Å². The van der Waals surface area contributed by atoms with E-state index in [4.69, 9.17) is 9.97 Å². The van der Waals surface area contributed by atoms with Crippen LogP contribution in [0.5, 0.6) is 0 Å². The van der Waals surface area contributed by atoms with Gasteiger partial charge in [-0.25, -0.2) is 15.0 Å². The summed E-state index contributed by atoms with van der Waals surface area (Å²) in [5.41, 5.74) is 4.91. The van der Waals surface area contributed by atoms with Crippen molar-refractivity contribution in [2.24, 2.45) is 0 Å². The second-order valence-corrected chi connectivity index (χ2v) is 7.00. The Bertz CT molecular complexity index is 909. The summed E-state index contributed by atoms with van der Waals surface area (Å²) in [6, 6.07) is 6.29. The van der Waals surface area contributed by atoms with Crippen LogP contribution in [0.3, 0.4) is 0 Å². The van der Waals surface area contributed by atoms with E-state index in [1.807, 2.05) is 0 Å². The maximum atomic E-state index is 4.81. The van der Waals surface area contributed by atoms with Crippen LogP contribution < -0.4 is 0 Å². The summed E-state index contributed by atoms with van der Waals surface area (Å²) >= 11 is 0. The van der Waals surface area contributed by atoms with Crippen molar-refractivity contribution in [1.82, 2.24) is 24.3 Å². The average molecular weight is 319 g/mol. The minimum absolute atomic E-state index is 0.633. The Hall–Kier alpha value is -2.27. The van der Waals surface area contributed by atoms with E-state index < -0.39 is 0 Å². The molecule has 2 aliphatic rings. The van der Waals surface area contributed by atoms with Crippen LogP contribution >= 0.6 is 0 Å². The van der Waals surface area contributed by atoms with Gasteiger partial charge in [0, 0.05) is 55.6 Å². The first-order valence-corrected chi connectivity index (χ1v) is 8.77. The van der Waals surface area contributed by atoms with Gasteiger partial charge >= 0.3 is 0 Å². The zero-order chi connectivity index (χ0) is 16.1. The molecule has 5 nitrogen and oxygen atoms in total. The van der Waals surface area contributed by atoms with Crippen molar-refractivity contribution in [2.75, 3.05) is 6.54 Å². The van der Waals surface area contributed by atoms with Crippen molar-refractivity contribution in [3.05, 3.63) is 59.2 Å². The van der Waals surface area contributed by atoms with Gasteiger partial charge in [-0.3, -0.25) is 4.90 Å². The zero-order valence-electron chi connectivity index (χ0n) is 13.9. The molecule has 0 bridgehead atoms. The monoisotopic (exact) mass is 319 g/mol. The maximum Gasteiger partial charge on any atom is 0.131 e. The second-order valence-electron chi connectivity index (χ2n) is 7.00. The lowest BCUT2D eigenvalue weighted by Crippen LogP contribution is -2.31. The number of rotatable bonds is 3. The topological polar surface area (TPSA) is 46.3 Å². The van der Waals surface area contributed by atoms with Gasteiger partial charge in [-0.1, -0.05) is 6.07 Å². The van der Waals surface area contributed by atoms with Gasteiger partial charge in [0.05, 0.1) is 11.2 Å². The number of imidazole rings is 1. The van der Waals surface area contributed by atoms with E-state index in [9.17, 15) is 0 Å². The molecule has 3 aromatic rings. The summed E-state index contributed by atoms with van der Waals surface area (Å²) < 4.78 is 2.16. The van der Waals surface area contributed by atoms with E-state index in [1.165, 1.54) is 29.6 Å². The maximum absolute atomic E-state index is 4.81. The van der Waals surface area contributed by atoms with E-state index in [-0.39, 0.29) is 0 Å². The summed E-state index contributed by atoms with van der Waals surface area (Å²) in [6.45, 7) is 4.91. The van der Waals surface area contributed by atoms with Crippen LogP contribution in [0.4, 0.5) is 0 Å². The van der Waals surface area contributed by atoms with Crippen LogP contribution in [0.1, 0.15) is 47.4 Å². The summed E-state index contributed by atoms with van der Waals surface area (Å²) in [4.78, 5) is 16.6. The summed E-state index contributed by atoms with van der Waals surface area (Å²) in [5, 5.41) is 0. The Morgan fingerprint density at radius 2 is 2.12 bits per heavy atom. The number of hydrogen-bond donors (Lipinski definition) is 0. The van der Waals surface area contributed by atoms with Gasteiger partial charge in [0.1, 0.15) is 11.6 Å². The first-order valence-electron chi connectivity index (χ1n) is 8.77. The van der Waals surface area contributed by atoms with Gasteiger partial charge in [-0.05, 0) is 31.9 Å². The highest BCUT2D eigenvalue weighted by atomic mass is 15.2. The molecular weight excluding hydrogens is 298 g/mol. The smallest absolute Gasteiger partial charge is 0.131 e. The molecule has 4 heterocycles. The molecule has 1 fully saturated rings. The first-order chi connectivity index (χ1) is 11.8. The molecule has 0 atom stereocenters. The Balaban J connectivity index is 1.38. The lowest BCUT2D eigenvalue weighted by atomic mass is 10.1. The molecule has 3 aromatic heterocycles. The molecule has 122 valence electrons. The number of hydrogen-bond acceptors (Lipinski definition) is 4. The van der Waals surface area contributed by atoms with Gasteiger partial charge in [0.15, 0.2) is 0 Å². The number of aromatic nitrogens is 4. The number of nitrogens with zero attached hydrogens (tertiary/aromatic N) is 5. The van der Waals surface area contributed by atoms with Crippen LogP contribution in [-0.2, 0) is 19.5 Å². The van der Waals surface area contributed by atoms with Gasteiger partial charge in [-0.2, -0.15) is 0 Å². The minimum Gasteiger partial charge on any atom is -0.304 e. The normalized spacial score (nSPS) is 18.0. The van der Waals surface area contributed by atoms with Crippen LogP contribution in [0.25, 0.3) is 5.52 Å². The highest BCUT2D eigenvalue weighted by Gasteiger charge is 2.28. The number of pyridine rings is 1. The van der Waals surface area contributed by atoms with Gasteiger partial charge in [-0.15, -0.1) is 0 Å². The molecule has 0 N–H and O–H groups in total. The van der Waals surface area contributed by atoms with Crippen molar-refractivity contribution < 1.29 is 0 Å².